The van der Waals surface area contributed by atoms with E-state index in [0.29, 0.717) is 31.3 Å². The lowest BCUT2D eigenvalue weighted by Crippen LogP contribution is -2.40. The molecule has 0 aromatic heterocycles. The number of ether oxygens (including phenoxy) is 1. The fourth-order valence-electron chi connectivity index (χ4n) is 3.27. The van der Waals surface area contributed by atoms with Crippen LogP contribution in [0.3, 0.4) is 0 Å². The Morgan fingerprint density at radius 2 is 2.21 bits per heavy atom. The number of carbonyl (C=O) groups is 1. The number of ketones is 1. The number of fused-ring (bicyclic) bond motifs is 1. The summed E-state index contributed by atoms with van der Waals surface area (Å²) in [5.74, 6) is 0.849. The van der Waals surface area contributed by atoms with Crippen molar-refractivity contribution in [1.82, 2.24) is 5.32 Å². The first-order valence-electron chi connectivity index (χ1n) is 7.21. The molecule has 0 spiro atoms. The summed E-state index contributed by atoms with van der Waals surface area (Å²) in [5.41, 5.74) is 2.78. The van der Waals surface area contributed by atoms with Crippen LogP contribution in [0.2, 0.25) is 0 Å². The number of hydrogen-bond donors (Lipinski definition) is 1. The van der Waals surface area contributed by atoms with E-state index < -0.39 is 0 Å². The molecule has 0 bridgehead atoms. The van der Waals surface area contributed by atoms with Crippen LogP contribution in [0.1, 0.15) is 30.4 Å². The molecule has 3 rings (SSSR count). The van der Waals surface area contributed by atoms with Crippen molar-refractivity contribution in [2.45, 2.75) is 31.7 Å². The fourth-order valence-corrected chi connectivity index (χ4v) is 3.27. The van der Waals surface area contributed by atoms with Gasteiger partial charge in [-0.2, -0.15) is 0 Å². The summed E-state index contributed by atoms with van der Waals surface area (Å²) >= 11 is 0. The molecule has 1 aromatic carbocycles. The van der Waals surface area contributed by atoms with Crippen molar-refractivity contribution in [3.8, 4) is 0 Å². The first kappa shape index (κ1) is 12.8. The average Bonchev–Trinajstić information content (AvgIpc) is 2.84. The predicted octanol–water partition coefficient (Wildman–Crippen LogP) is 1.91. The minimum atomic E-state index is 0.0488. The van der Waals surface area contributed by atoms with E-state index in [0.717, 1.165) is 13.0 Å². The van der Waals surface area contributed by atoms with E-state index in [9.17, 15) is 4.79 Å². The maximum Gasteiger partial charge on any atom is 0.140 e. The van der Waals surface area contributed by atoms with Crippen LogP contribution in [0, 0.1) is 5.92 Å². The smallest absolute Gasteiger partial charge is 0.140 e. The molecule has 1 aliphatic heterocycles. The van der Waals surface area contributed by atoms with Crippen LogP contribution in [0.5, 0.6) is 0 Å². The summed E-state index contributed by atoms with van der Waals surface area (Å²) in [4.78, 5) is 12.4. The molecule has 1 heterocycles. The van der Waals surface area contributed by atoms with Crippen molar-refractivity contribution in [3.63, 3.8) is 0 Å². The second-order valence-electron chi connectivity index (χ2n) is 5.58. The molecule has 3 heteroatoms. The van der Waals surface area contributed by atoms with Crippen LogP contribution < -0.4 is 5.32 Å². The second-order valence-corrected chi connectivity index (χ2v) is 5.58. The number of hydrogen-bond acceptors (Lipinski definition) is 3. The van der Waals surface area contributed by atoms with Crippen LogP contribution in [-0.4, -0.2) is 31.6 Å². The molecule has 3 unspecified atom stereocenters. The number of carbonyl (C=O) groups excluding carboxylic acids is 1. The van der Waals surface area contributed by atoms with E-state index in [4.69, 9.17) is 4.74 Å². The Bertz CT molecular complexity index is 472. The van der Waals surface area contributed by atoms with E-state index in [-0.39, 0.29) is 12.0 Å². The molecule has 2 aliphatic rings. The Balaban J connectivity index is 1.61. The molecule has 1 N–H and O–H groups in total. The van der Waals surface area contributed by atoms with Crippen molar-refractivity contribution in [2.75, 3.05) is 19.8 Å². The number of nitrogens with one attached hydrogen (secondary N) is 1. The zero-order valence-electron chi connectivity index (χ0n) is 11.4. The van der Waals surface area contributed by atoms with Gasteiger partial charge >= 0.3 is 0 Å². The molecule has 0 radical (unpaired) electrons. The largest absolute Gasteiger partial charge is 0.379 e. The Morgan fingerprint density at radius 3 is 3.00 bits per heavy atom. The number of benzene rings is 1. The maximum atomic E-state index is 12.4. The lowest BCUT2D eigenvalue weighted by atomic mass is 9.73. The van der Waals surface area contributed by atoms with Crippen molar-refractivity contribution in [2.24, 2.45) is 5.92 Å². The Kier molecular flexibility index (Phi) is 3.67. The highest BCUT2D eigenvalue weighted by molar-refractivity contribution is 5.83. The van der Waals surface area contributed by atoms with Crippen LogP contribution >= 0.6 is 0 Å². The molecule has 0 saturated carbocycles. The highest BCUT2D eigenvalue weighted by Gasteiger charge is 2.36. The topological polar surface area (TPSA) is 38.3 Å². The zero-order chi connectivity index (χ0) is 13.2. The average molecular weight is 259 g/mol. The van der Waals surface area contributed by atoms with Gasteiger partial charge in [0.2, 0.25) is 0 Å². The predicted molar refractivity (Wildman–Crippen MR) is 74.3 cm³/mol. The summed E-state index contributed by atoms with van der Waals surface area (Å²) in [6.07, 6.45) is 1.73. The van der Waals surface area contributed by atoms with Gasteiger partial charge in [0.1, 0.15) is 5.78 Å². The van der Waals surface area contributed by atoms with Crippen molar-refractivity contribution >= 4 is 5.78 Å². The summed E-state index contributed by atoms with van der Waals surface area (Å²) in [6.45, 7) is 4.22. The van der Waals surface area contributed by atoms with Gasteiger partial charge in [0, 0.05) is 12.5 Å². The maximum absolute atomic E-state index is 12.4. The monoisotopic (exact) mass is 259 g/mol. The van der Waals surface area contributed by atoms with Crippen molar-refractivity contribution < 1.29 is 9.53 Å². The highest BCUT2D eigenvalue weighted by Crippen LogP contribution is 2.38. The SMILES string of the molecule is CCNC1COCC1C(=O)CC1Cc2ccccc21. The third-order valence-corrected chi connectivity index (χ3v) is 4.37. The molecule has 0 amide bonds. The summed E-state index contributed by atoms with van der Waals surface area (Å²) < 4.78 is 5.46. The molecule has 3 atom stereocenters. The van der Waals surface area contributed by atoms with E-state index in [1.165, 1.54) is 11.1 Å². The third kappa shape index (κ3) is 2.45. The van der Waals surface area contributed by atoms with Crippen LogP contribution in [0.15, 0.2) is 24.3 Å². The molecule has 1 aromatic rings. The lowest BCUT2D eigenvalue weighted by Gasteiger charge is -2.30. The van der Waals surface area contributed by atoms with E-state index in [2.05, 4.69) is 36.5 Å². The summed E-state index contributed by atoms with van der Waals surface area (Å²) in [6, 6.07) is 8.67. The van der Waals surface area contributed by atoms with Crippen molar-refractivity contribution in [3.05, 3.63) is 35.4 Å². The number of likely N-dealkylation sites (N-methyl/N-ethyl adjacent to an activating group) is 1. The summed E-state index contributed by atoms with van der Waals surface area (Å²) in [7, 11) is 0. The minimum Gasteiger partial charge on any atom is -0.379 e. The zero-order valence-corrected chi connectivity index (χ0v) is 11.4. The Morgan fingerprint density at radius 1 is 1.37 bits per heavy atom. The third-order valence-electron chi connectivity index (χ3n) is 4.37. The standard InChI is InChI=1S/C16H21NO2/c1-2-17-15-10-19-9-14(15)16(18)8-12-7-11-5-3-4-6-13(11)12/h3-6,12,14-15,17H,2,7-10H2,1H3. The Labute approximate surface area is 114 Å². The van der Waals surface area contributed by atoms with Gasteiger partial charge in [-0.25, -0.2) is 0 Å². The van der Waals surface area contributed by atoms with Crippen molar-refractivity contribution in [1.29, 1.82) is 0 Å². The molecule has 1 aliphatic carbocycles. The highest BCUT2D eigenvalue weighted by atomic mass is 16.5. The van der Waals surface area contributed by atoms with Gasteiger partial charge in [-0.1, -0.05) is 31.2 Å². The molecular formula is C16H21NO2. The van der Waals surface area contributed by atoms with Gasteiger partial charge < -0.3 is 10.1 Å². The molecule has 102 valence electrons. The second kappa shape index (κ2) is 5.43. The number of rotatable bonds is 5. The quantitative estimate of drug-likeness (QED) is 0.878. The Hall–Kier alpha value is -1.19. The van der Waals surface area contributed by atoms with Gasteiger partial charge in [0.25, 0.3) is 0 Å². The first-order valence-corrected chi connectivity index (χ1v) is 7.21. The molecule has 1 saturated heterocycles. The van der Waals surface area contributed by atoms with Crippen LogP contribution in [0.4, 0.5) is 0 Å². The van der Waals surface area contributed by atoms with E-state index >= 15 is 0 Å². The van der Waals surface area contributed by atoms with Gasteiger partial charge in [0.05, 0.1) is 19.1 Å². The lowest BCUT2D eigenvalue weighted by molar-refractivity contribution is -0.123. The van der Waals surface area contributed by atoms with Gasteiger partial charge in [-0.15, -0.1) is 0 Å². The van der Waals surface area contributed by atoms with Gasteiger partial charge in [-0.3, -0.25) is 4.79 Å². The summed E-state index contributed by atoms with van der Waals surface area (Å²) in [5, 5.41) is 3.36. The molecule has 1 fully saturated rings. The minimum absolute atomic E-state index is 0.0488. The fraction of sp³-hybridized carbons (Fsp3) is 0.562. The molecule has 19 heavy (non-hydrogen) atoms. The first-order chi connectivity index (χ1) is 9.29. The van der Waals surface area contributed by atoms with E-state index in [1.807, 2.05) is 0 Å². The van der Waals surface area contributed by atoms with Gasteiger partial charge in [0.15, 0.2) is 0 Å². The van der Waals surface area contributed by atoms with E-state index in [1.54, 1.807) is 0 Å². The molecule has 3 nitrogen and oxygen atoms in total. The van der Waals surface area contributed by atoms with Crippen LogP contribution in [-0.2, 0) is 16.0 Å². The van der Waals surface area contributed by atoms with Gasteiger partial charge in [-0.05, 0) is 30.0 Å². The molecular weight excluding hydrogens is 238 g/mol. The van der Waals surface area contributed by atoms with Crippen LogP contribution in [0.25, 0.3) is 0 Å². The normalized spacial score (nSPS) is 28.8. The number of Topliss-reactive ketones (excluding diaryl/α,β-unsaturated/α-hetero) is 1.